The molecule has 10 heteroatoms. The molecule has 0 bridgehead atoms. The molecule has 144 valence electrons. The van der Waals surface area contributed by atoms with Crippen LogP contribution in [-0.4, -0.2) is 101 Å². The van der Waals surface area contributed by atoms with Crippen molar-refractivity contribution in [3.8, 4) is 0 Å². The number of hydrogen-bond acceptors (Lipinski definition) is 10. The Bertz CT molecular complexity index is 339. The van der Waals surface area contributed by atoms with Crippen molar-refractivity contribution in [3.05, 3.63) is 0 Å². The summed E-state index contributed by atoms with van der Waals surface area (Å²) >= 11 is 3.18. The lowest BCUT2D eigenvalue weighted by atomic mass is 10.1. The molecule has 1 heterocycles. The SMILES string of the molecule is C[C@H](O)[C@H](O)[C@@H](O)C=O.C[C@H](O)[C@H](O)[C@@H](O)[C@@H](O)C1SCCCS1. The molecule has 1 rings (SSSR count). The van der Waals surface area contributed by atoms with Crippen LogP contribution in [-0.2, 0) is 4.79 Å². The monoisotopic (exact) mass is 388 g/mol. The molecule has 0 amide bonds. The van der Waals surface area contributed by atoms with Crippen molar-refractivity contribution in [2.45, 2.75) is 67.6 Å². The van der Waals surface area contributed by atoms with Crippen LogP contribution >= 0.6 is 23.5 Å². The number of aliphatic hydroxyl groups excluding tert-OH is 7. The molecule has 0 aromatic rings. The van der Waals surface area contributed by atoms with Gasteiger partial charge in [0.15, 0.2) is 6.29 Å². The first-order valence-corrected chi connectivity index (χ1v) is 9.68. The zero-order valence-electron chi connectivity index (χ0n) is 13.7. The van der Waals surface area contributed by atoms with Crippen molar-refractivity contribution < 1.29 is 40.5 Å². The molecule has 0 aromatic heterocycles. The number of carbonyl (C=O) groups is 1. The maximum absolute atomic E-state index is 9.80. The Balaban J connectivity index is 0.000000506. The first-order valence-electron chi connectivity index (χ1n) is 7.58. The number of rotatable bonds is 7. The van der Waals surface area contributed by atoms with Gasteiger partial charge in [-0.25, -0.2) is 0 Å². The Kier molecular flexibility index (Phi) is 12.5. The van der Waals surface area contributed by atoms with Gasteiger partial charge >= 0.3 is 0 Å². The van der Waals surface area contributed by atoms with E-state index in [0.29, 0.717) is 0 Å². The third-order valence-corrected chi connectivity index (χ3v) is 6.39. The number of carbonyl (C=O) groups excluding carboxylic acids is 1. The molecule has 24 heavy (non-hydrogen) atoms. The number of thioether (sulfide) groups is 2. The molecule has 0 aromatic carbocycles. The van der Waals surface area contributed by atoms with E-state index in [-0.39, 0.29) is 10.9 Å². The van der Waals surface area contributed by atoms with Gasteiger partial charge in [0.1, 0.15) is 30.5 Å². The number of aliphatic hydroxyl groups is 7. The van der Waals surface area contributed by atoms with Crippen LogP contribution in [0.1, 0.15) is 20.3 Å². The molecule has 0 aliphatic carbocycles. The predicted octanol–water partition coefficient (Wildman–Crippen LogP) is -2.07. The second kappa shape index (κ2) is 12.4. The minimum atomic E-state index is -1.48. The summed E-state index contributed by atoms with van der Waals surface area (Å²) in [5.41, 5.74) is 0. The summed E-state index contributed by atoms with van der Waals surface area (Å²) in [6.45, 7) is 2.68. The summed E-state index contributed by atoms with van der Waals surface area (Å²) in [6.07, 6.45) is -7.25. The third-order valence-electron chi connectivity index (χ3n) is 3.31. The molecular formula is C14H28O8S2. The van der Waals surface area contributed by atoms with Gasteiger partial charge in [-0.15, -0.1) is 23.5 Å². The topological polar surface area (TPSA) is 159 Å². The highest BCUT2D eigenvalue weighted by molar-refractivity contribution is 8.17. The summed E-state index contributed by atoms with van der Waals surface area (Å²) in [5.74, 6) is 1.93. The van der Waals surface area contributed by atoms with Gasteiger partial charge in [-0.3, -0.25) is 0 Å². The van der Waals surface area contributed by atoms with Crippen LogP contribution < -0.4 is 0 Å². The molecule has 1 aliphatic rings. The van der Waals surface area contributed by atoms with E-state index < -0.39 is 42.7 Å². The fourth-order valence-corrected chi connectivity index (χ4v) is 4.67. The maximum Gasteiger partial charge on any atom is 0.151 e. The quantitative estimate of drug-likeness (QED) is 0.242. The Morgan fingerprint density at radius 3 is 1.62 bits per heavy atom. The van der Waals surface area contributed by atoms with Gasteiger partial charge in [0.25, 0.3) is 0 Å². The van der Waals surface area contributed by atoms with E-state index >= 15 is 0 Å². The van der Waals surface area contributed by atoms with Crippen molar-refractivity contribution in [1.29, 1.82) is 0 Å². The second-order valence-electron chi connectivity index (χ2n) is 5.53. The smallest absolute Gasteiger partial charge is 0.151 e. The van der Waals surface area contributed by atoms with Crippen molar-refractivity contribution in [2.24, 2.45) is 0 Å². The molecule has 0 radical (unpaired) electrons. The minimum Gasteiger partial charge on any atom is -0.391 e. The normalized spacial score (nSPS) is 24.5. The molecule has 0 unspecified atom stereocenters. The number of aldehydes is 1. The molecular weight excluding hydrogens is 360 g/mol. The average molecular weight is 389 g/mol. The zero-order valence-corrected chi connectivity index (χ0v) is 15.3. The van der Waals surface area contributed by atoms with Gasteiger partial charge in [-0.05, 0) is 31.8 Å². The molecule has 1 aliphatic heterocycles. The van der Waals surface area contributed by atoms with Gasteiger partial charge in [0.05, 0.1) is 16.8 Å². The summed E-state index contributed by atoms with van der Waals surface area (Å²) in [5, 5.41) is 63.7. The van der Waals surface area contributed by atoms with Gasteiger partial charge in [-0.2, -0.15) is 0 Å². The molecule has 8 nitrogen and oxygen atoms in total. The Morgan fingerprint density at radius 1 is 0.833 bits per heavy atom. The van der Waals surface area contributed by atoms with Gasteiger partial charge in [0.2, 0.25) is 0 Å². The molecule has 7 N–H and O–H groups in total. The average Bonchev–Trinajstić information content (AvgIpc) is 2.59. The molecule has 0 saturated carbocycles. The molecule has 1 saturated heterocycles. The predicted molar refractivity (Wildman–Crippen MR) is 92.8 cm³/mol. The van der Waals surface area contributed by atoms with Crippen LogP contribution in [0, 0.1) is 0 Å². The molecule has 7 atom stereocenters. The van der Waals surface area contributed by atoms with E-state index in [2.05, 4.69) is 0 Å². The van der Waals surface area contributed by atoms with Crippen LogP contribution in [0.5, 0.6) is 0 Å². The first-order chi connectivity index (χ1) is 11.1. The lowest BCUT2D eigenvalue weighted by Crippen LogP contribution is -2.47. The lowest BCUT2D eigenvalue weighted by molar-refractivity contribution is -0.125. The minimum absolute atomic E-state index is 0.109. The summed E-state index contributed by atoms with van der Waals surface area (Å²) in [7, 11) is 0. The van der Waals surface area contributed by atoms with Gasteiger partial charge < -0.3 is 40.5 Å². The first kappa shape index (κ1) is 24.1. The van der Waals surface area contributed by atoms with Crippen LogP contribution in [0.2, 0.25) is 0 Å². The third kappa shape index (κ3) is 8.45. The van der Waals surface area contributed by atoms with E-state index in [1.807, 2.05) is 0 Å². The highest BCUT2D eigenvalue weighted by Gasteiger charge is 2.34. The van der Waals surface area contributed by atoms with E-state index in [1.54, 1.807) is 23.5 Å². The Hall–Kier alpha value is 0.0900. The van der Waals surface area contributed by atoms with Crippen LogP contribution in [0.15, 0.2) is 0 Å². The molecule has 0 spiro atoms. The summed E-state index contributed by atoms with van der Waals surface area (Å²) in [4.78, 5) is 9.73. The Labute approximate surface area is 149 Å². The van der Waals surface area contributed by atoms with Crippen molar-refractivity contribution >= 4 is 29.8 Å². The van der Waals surface area contributed by atoms with Crippen LogP contribution in [0.25, 0.3) is 0 Å². The van der Waals surface area contributed by atoms with E-state index in [4.69, 9.17) is 20.4 Å². The summed E-state index contributed by atoms with van der Waals surface area (Å²) < 4.78 is -0.109. The van der Waals surface area contributed by atoms with Crippen LogP contribution in [0.4, 0.5) is 0 Å². The van der Waals surface area contributed by atoms with Gasteiger partial charge in [0, 0.05) is 0 Å². The van der Waals surface area contributed by atoms with Crippen molar-refractivity contribution in [2.75, 3.05) is 11.5 Å². The largest absolute Gasteiger partial charge is 0.391 e. The highest BCUT2D eigenvalue weighted by atomic mass is 32.2. The maximum atomic E-state index is 9.80. The fourth-order valence-electron chi connectivity index (χ4n) is 1.72. The standard InChI is InChI=1S/C9H18O4S2.C5H10O4/c1-5(10)6(11)7(12)8(13)9-14-3-2-4-15-9;1-3(7)5(9)4(8)2-6/h5-13H,2-4H2,1H3;2-5,7-9H,1H3/t5-,6-,7+,8+;3-,4-,5-/m00/s1. The van der Waals surface area contributed by atoms with E-state index in [9.17, 15) is 20.1 Å². The molecule has 1 fully saturated rings. The lowest BCUT2D eigenvalue weighted by Gasteiger charge is -2.31. The van der Waals surface area contributed by atoms with E-state index in [0.717, 1.165) is 17.9 Å². The van der Waals surface area contributed by atoms with Crippen LogP contribution in [0.3, 0.4) is 0 Å². The number of hydrogen-bond donors (Lipinski definition) is 7. The second-order valence-corrected chi connectivity index (χ2v) is 8.33. The highest BCUT2D eigenvalue weighted by Crippen LogP contribution is 2.34. The Morgan fingerprint density at radius 2 is 1.29 bits per heavy atom. The van der Waals surface area contributed by atoms with Crippen molar-refractivity contribution in [3.63, 3.8) is 0 Å². The van der Waals surface area contributed by atoms with Gasteiger partial charge in [-0.1, -0.05) is 0 Å². The summed E-state index contributed by atoms with van der Waals surface area (Å²) in [6, 6.07) is 0. The fraction of sp³-hybridized carbons (Fsp3) is 0.929. The zero-order chi connectivity index (χ0) is 18.9. The van der Waals surface area contributed by atoms with Crippen molar-refractivity contribution in [1.82, 2.24) is 0 Å². The van der Waals surface area contributed by atoms with E-state index in [1.165, 1.54) is 13.8 Å².